The zero-order chi connectivity index (χ0) is 23.8. The lowest BCUT2D eigenvalue weighted by molar-refractivity contribution is 0.0569. The maximum atomic E-state index is 9.66. The van der Waals surface area contributed by atoms with Crippen LogP contribution in [-0.2, 0) is 0 Å². The Bertz CT molecular complexity index is 1030. The van der Waals surface area contributed by atoms with Gasteiger partial charge in [0.15, 0.2) is 0 Å². The number of nitrogens with zero attached hydrogens (tertiary/aromatic N) is 5. The van der Waals surface area contributed by atoms with Gasteiger partial charge in [-0.05, 0) is 74.2 Å². The van der Waals surface area contributed by atoms with Crippen LogP contribution in [0.25, 0.3) is 0 Å². The van der Waals surface area contributed by atoms with Gasteiger partial charge in [-0.25, -0.2) is 9.97 Å². The third-order valence-electron chi connectivity index (χ3n) is 4.61. The van der Waals surface area contributed by atoms with Crippen molar-refractivity contribution in [2.24, 2.45) is 0 Å². The summed E-state index contributed by atoms with van der Waals surface area (Å²) in [6.45, 7) is 5.15. The molecular weight excluding hydrogens is 488 g/mol. The van der Waals surface area contributed by atoms with Crippen LogP contribution in [-0.4, -0.2) is 69.3 Å². The highest BCUT2D eigenvalue weighted by Crippen LogP contribution is 2.26. The van der Waals surface area contributed by atoms with Crippen molar-refractivity contribution in [2.45, 2.75) is 26.1 Å². The van der Waals surface area contributed by atoms with Gasteiger partial charge in [-0.3, -0.25) is 0 Å². The molecule has 0 aliphatic carbocycles. The molecule has 2 atom stereocenters. The Balaban J connectivity index is 1.61. The molecule has 10 nitrogen and oxygen atoms in total. The van der Waals surface area contributed by atoms with Crippen LogP contribution in [0.5, 0.6) is 5.88 Å². The lowest BCUT2D eigenvalue weighted by Gasteiger charge is -2.17. The second kappa shape index (κ2) is 11.7. The number of rotatable bonds is 11. The molecule has 2 heterocycles. The van der Waals surface area contributed by atoms with E-state index in [2.05, 4.69) is 56.7 Å². The average Bonchev–Trinajstić information content (AvgIpc) is 2.77. The normalized spacial score (nSPS) is 12.8. The number of likely N-dealkylation sites (N-methyl/N-ethyl adjacent to an activating group) is 1. The van der Waals surface area contributed by atoms with Gasteiger partial charge in [-0.1, -0.05) is 0 Å². The standard InChI is InChI=1S/C22H29BrN8O2/c1-14(32)15(2)33-20-18(23)13-26-22(30-20)28-17-7-5-16(6-8-17)27-21-25-10-9-19(29-21)24-11-12-31(3)4/h5-10,13-15,32H,11-12H2,1-4H3,(H,26,28,30)(H2,24,25,27,29)/t14-,15-/m1/s1. The maximum Gasteiger partial charge on any atom is 0.233 e. The molecule has 3 rings (SSSR count). The number of ether oxygens (including phenoxy) is 1. The lowest BCUT2D eigenvalue weighted by Crippen LogP contribution is -2.26. The number of aliphatic hydroxyl groups is 1. The highest BCUT2D eigenvalue weighted by Gasteiger charge is 2.15. The zero-order valence-corrected chi connectivity index (χ0v) is 20.7. The monoisotopic (exact) mass is 516 g/mol. The first-order chi connectivity index (χ1) is 15.8. The van der Waals surface area contributed by atoms with Crippen molar-refractivity contribution in [3.8, 4) is 5.88 Å². The van der Waals surface area contributed by atoms with E-state index < -0.39 is 12.2 Å². The maximum absolute atomic E-state index is 9.66. The van der Waals surface area contributed by atoms with Crippen LogP contribution in [0.4, 0.5) is 29.1 Å². The first-order valence-electron chi connectivity index (χ1n) is 10.5. The van der Waals surface area contributed by atoms with Crippen LogP contribution in [0.1, 0.15) is 13.8 Å². The molecule has 0 saturated carbocycles. The largest absolute Gasteiger partial charge is 0.471 e. The Morgan fingerprint density at radius 3 is 2.24 bits per heavy atom. The highest BCUT2D eigenvalue weighted by molar-refractivity contribution is 9.10. The number of anilines is 5. The van der Waals surface area contributed by atoms with Gasteiger partial charge in [0.25, 0.3) is 0 Å². The number of aromatic nitrogens is 4. The second-order valence-electron chi connectivity index (χ2n) is 7.73. The molecule has 0 fully saturated rings. The van der Waals surface area contributed by atoms with Crippen LogP contribution in [0.3, 0.4) is 0 Å². The van der Waals surface area contributed by atoms with E-state index in [4.69, 9.17) is 4.74 Å². The van der Waals surface area contributed by atoms with E-state index in [9.17, 15) is 5.11 Å². The molecule has 3 aromatic rings. The summed E-state index contributed by atoms with van der Waals surface area (Å²) in [6.07, 6.45) is 2.29. The van der Waals surface area contributed by atoms with Crippen molar-refractivity contribution in [3.63, 3.8) is 0 Å². The first-order valence-corrected chi connectivity index (χ1v) is 11.3. The van der Waals surface area contributed by atoms with Gasteiger partial charge in [0.2, 0.25) is 17.8 Å². The minimum absolute atomic E-state index is 0.357. The minimum atomic E-state index is -0.623. The SMILES string of the molecule is C[C@@H](O)[C@@H](C)Oc1nc(Nc2ccc(Nc3nccc(NCCN(C)C)n3)cc2)ncc1Br. The Labute approximate surface area is 202 Å². The van der Waals surface area contributed by atoms with Crippen molar-refractivity contribution in [1.29, 1.82) is 0 Å². The van der Waals surface area contributed by atoms with Gasteiger partial charge in [-0.2, -0.15) is 9.97 Å². The van der Waals surface area contributed by atoms with Gasteiger partial charge in [0, 0.05) is 30.7 Å². The van der Waals surface area contributed by atoms with Crippen molar-refractivity contribution >= 4 is 45.0 Å². The van der Waals surface area contributed by atoms with Gasteiger partial charge >= 0.3 is 0 Å². The predicted octanol–water partition coefficient (Wildman–Crippen LogP) is 3.64. The predicted molar refractivity (Wildman–Crippen MR) is 134 cm³/mol. The molecule has 2 aromatic heterocycles. The summed E-state index contributed by atoms with van der Waals surface area (Å²) in [5.41, 5.74) is 1.65. The summed E-state index contributed by atoms with van der Waals surface area (Å²) in [6, 6.07) is 9.44. The summed E-state index contributed by atoms with van der Waals surface area (Å²) in [5.74, 6) is 2.01. The Hall–Kier alpha value is -3.02. The summed E-state index contributed by atoms with van der Waals surface area (Å²) in [4.78, 5) is 19.5. The molecule has 11 heteroatoms. The quantitative estimate of drug-likeness (QED) is 0.300. The minimum Gasteiger partial charge on any atom is -0.471 e. The molecule has 4 N–H and O–H groups in total. The topological polar surface area (TPSA) is 120 Å². The smallest absolute Gasteiger partial charge is 0.233 e. The van der Waals surface area contributed by atoms with Crippen molar-refractivity contribution < 1.29 is 9.84 Å². The summed E-state index contributed by atoms with van der Waals surface area (Å²) in [5, 5.41) is 19.3. The number of hydrogen-bond donors (Lipinski definition) is 4. The van der Waals surface area contributed by atoms with Crippen LogP contribution in [0.15, 0.2) is 47.2 Å². The molecule has 0 aliphatic heterocycles. The fourth-order valence-electron chi connectivity index (χ4n) is 2.59. The Morgan fingerprint density at radius 1 is 1.00 bits per heavy atom. The number of nitrogens with one attached hydrogen (secondary N) is 3. The first kappa shape index (κ1) is 24.6. The summed E-state index contributed by atoms with van der Waals surface area (Å²) >= 11 is 3.37. The molecular formula is C22H29BrN8O2. The van der Waals surface area contributed by atoms with E-state index in [-0.39, 0.29) is 0 Å². The van der Waals surface area contributed by atoms with Gasteiger partial charge < -0.3 is 30.7 Å². The van der Waals surface area contributed by atoms with Crippen LogP contribution in [0.2, 0.25) is 0 Å². The molecule has 33 heavy (non-hydrogen) atoms. The van der Waals surface area contributed by atoms with Crippen LogP contribution in [0, 0.1) is 0 Å². The molecule has 0 radical (unpaired) electrons. The molecule has 1 aromatic carbocycles. The fourth-order valence-corrected chi connectivity index (χ4v) is 2.87. The lowest BCUT2D eigenvalue weighted by atomic mass is 10.3. The summed E-state index contributed by atoms with van der Waals surface area (Å²) in [7, 11) is 4.06. The molecule has 0 unspecified atom stereocenters. The van der Waals surface area contributed by atoms with E-state index in [0.717, 1.165) is 30.3 Å². The molecule has 0 bridgehead atoms. The van der Waals surface area contributed by atoms with Crippen LogP contribution < -0.4 is 20.7 Å². The molecule has 0 spiro atoms. The van der Waals surface area contributed by atoms with E-state index in [0.29, 0.717) is 22.2 Å². The molecule has 0 saturated heterocycles. The highest BCUT2D eigenvalue weighted by atomic mass is 79.9. The van der Waals surface area contributed by atoms with Crippen molar-refractivity contribution in [2.75, 3.05) is 43.1 Å². The number of aliphatic hydroxyl groups excluding tert-OH is 1. The Kier molecular flexibility index (Phi) is 8.75. The third-order valence-corrected chi connectivity index (χ3v) is 5.15. The summed E-state index contributed by atoms with van der Waals surface area (Å²) < 4.78 is 6.31. The van der Waals surface area contributed by atoms with E-state index in [1.165, 1.54) is 0 Å². The van der Waals surface area contributed by atoms with Gasteiger partial charge in [-0.15, -0.1) is 0 Å². The van der Waals surface area contributed by atoms with Gasteiger partial charge in [0.1, 0.15) is 11.9 Å². The zero-order valence-electron chi connectivity index (χ0n) is 19.1. The van der Waals surface area contributed by atoms with Crippen molar-refractivity contribution in [3.05, 3.63) is 47.2 Å². The van der Waals surface area contributed by atoms with E-state index in [1.807, 2.05) is 44.4 Å². The molecule has 0 amide bonds. The second-order valence-corrected chi connectivity index (χ2v) is 8.59. The number of benzene rings is 1. The number of halogens is 1. The average molecular weight is 517 g/mol. The number of hydrogen-bond acceptors (Lipinski definition) is 10. The fraction of sp³-hybridized carbons (Fsp3) is 0.364. The van der Waals surface area contributed by atoms with E-state index >= 15 is 0 Å². The Morgan fingerprint density at radius 2 is 1.64 bits per heavy atom. The van der Waals surface area contributed by atoms with Crippen LogP contribution >= 0.6 is 15.9 Å². The molecule has 176 valence electrons. The van der Waals surface area contributed by atoms with Crippen molar-refractivity contribution in [1.82, 2.24) is 24.8 Å². The van der Waals surface area contributed by atoms with Gasteiger partial charge in [0.05, 0.1) is 16.8 Å². The molecule has 0 aliphatic rings. The van der Waals surface area contributed by atoms with E-state index in [1.54, 1.807) is 26.2 Å². The third kappa shape index (κ3) is 7.81.